The average Bonchev–Trinajstić information content (AvgIpc) is 3.14. The Balaban J connectivity index is 1.69. The summed E-state index contributed by atoms with van der Waals surface area (Å²) in [6.45, 7) is 2.57. The lowest BCUT2D eigenvalue weighted by atomic mass is 10.0. The summed E-state index contributed by atoms with van der Waals surface area (Å²) in [4.78, 5) is 12.3. The summed E-state index contributed by atoms with van der Waals surface area (Å²) in [7, 11) is -3.22. The minimum Gasteiger partial charge on any atom is -0.320 e. The smallest absolute Gasteiger partial charge is 0.286 e. The van der Waals surface area contributed by atoms with E-state index in [2.05, 4.69) is 15.5 Å². The maximum absolute atomic E-state index is 12.3. The van der Waals surface area contributed by atoms with Crippen LogP contribution in [0.4, 0.5) is 5.69 Å². The number of halogens is 1. The molecule has 10 heteroatoms. The van der Waals surface area contributed by atoms with Gasteiger partial charge in [-0.05, 0) is 44.0 Å². The zero-order chi connectivity index (χ0) is 18.7. The van der Waals surface area contributed by atoms with E-state index in [9.17, 15) is 13.2 Å². The van der Waals surface area contributed by atoms with E-state index in [1.807, 2.05) is 0 Å². The molecule has 2 heterocycles. The van der Waals surface area contributed by atoms with Crippen molar-refractivity contribution >= 4 is 44.6 Å². The van der Waals surface area contributed by atoms with Crippen molar-refractivity contribution in [3.05, 3.63) is 39.3 Å². The summed E-state index contributed by atoms with van der Waals surface area (Å²) in [5, 5.41) is 12.4. The third-order valence-corrected chi connectivity index (χ3v) is 7.41. The first kappa shape index (κ1) is 19.2. The number of benzene rings is 1. The molecule has 1 aromatic heterocycles. The monoisotopic (exact) mass is 414 g/mol. The Morgan fingerprint density at radius 2 is 2.08 bits per heavy atom. The first-order valence-electron chi connectivity index (χ1n) is 8.27. The number of hydrogen-bond acceptors (Lipinski definition) is 6. The number of nitrogens with one attached hydrogen (secondary N) is 1. The van der Waals surface area contributed by atoms with Crippen LogP contribution in [-0.4, -0.2) is 47.7 Å². The standard InChI is InChI=1S/C16H19ClN4O3S2/c1-2-26(23,24)21-9-3-4-11(10-21)15-19-20-16(25-15)14(22)18-13-7-5-12(17)6-8-13/h5-8,11H,2-4,9-10H2,1H3,(H,18,22)/t11-/m1/s1. The van der Waals surface area contributed by atoms with Gasteiger partial charge in [0.25, 0.3) is 5.91 Å². The maximum Gasteiger partial charge on any atom is 0.286 e. The Morgan fingerprint density at radius 1 is 1.35 bits per heavy atom. The molecule has 26 heavy (non-hydrogen) atoms. The molecule has 140 valence electrons. The molecule has 0 aliphatic carbocycles. The van der Waals surface area contributed by atoms with Crippen LogP contribution < -0.4 is 5.32 Å². The van der Waals surface area contributed by atoms with E-state index in [-0.39, 0.29) is 22.6 Å². The van der Waals surface area contributed by atoms with Gasteiger partial charge in [0, 0.05) is 29.7 Å². The summed E-state index contributed by atoms with van der Waals surface area (Å²) in [5.41, 5.74) is 0.619. The quantitative estimate of drug-likeness (QED) is 0.811. The molecule has 0 bridgehead atoms. The fraction of sp³-hybridized carbons (Fsp3) is 0.438. The lowest BCUT2D eigenvalue weighted by Crippen LogP contribution is -2.39. The van der Waals surface area contributed by atoms with E-state index in [1.54, 1.807) is 31.2 Å². The van der Waals surface area contributed by atoms with Crippen molar-refractivity contribution in [3.63, 3.8) is 0 Å². The second-order valence-corrected chi connectivity index (χ2v) is 9.71. The molecule has 1 N–H and O–H groups in total. The van der Waals surface area contributed by atoms with Crippen LogP contribution in [0.5, 0.6) is 0 Å². The maximum atomic E-state index is 12.3. The number of rotatable bonds is 5. The molecule has 1 aromatic carbocycles. The van der Waals surface area contributed by atoms with Crippen LogP contribution in [0.25, 0.3) is 0 Å². The van der Waals surface area contributed by atoms with Gasteiger partial charge in [-0.15, -0.1) is 10.2 Å². The van der Waals surface area contributed by atoms with E-state index >= 15 is 0 Å². The summed E-state index contributed by atoms with van der Waals surface area (Å²) in [5.74, 6) is -0.283. The van der Waals surface area contributed by atoms with Gasteiger partial charge in [-0.3, -0.25) is 4.79 Å². The molecular weight excluding hydrogens is 396 g/mol. The number of sulfonamides is 1. The average molecular weight is 415 g/mol. The van der Waals surface area contributed by atoms with Gasteiger partial charge in [0.2, 0.25) is 15.0 Å². The summed E-state index contributed by atoms with van der Waals surface area (Å²) in [6.07, 6.45) is 1.61. The van der Waals surface area contributed by atoms with E-state index in [1.165, 1.54) is 15.6 Å². The van der Waals surface area contributed by atoms with Crippen LogP contribution in [0.2, 0.25) is 5.02 Å². The number of piperidine rings is 1. The van der Waals surface area contributed by atoms with Crippen LogP contribution in [-0.2, 0) is 10.0 Å². The lowest BCUT2D eigenvalue weighted by molar-refractivity contribution is 0.102. The van der Waals surface area contributed by atoms with Gasteiger partial charge in [-0.1, -0.05) is 22.9 Å². The van der Waals surface area contributed by atoms with E-state index in [0.29, 0.717) is 28.8 Å². The van der Waals surface area contributed by atoms with E-state index in [0.717, 1.165) is 12.8 Å². The zero-order valence-corrected chi connectivity index (χ0v) is 16.6. The van der Waals surface area contributed by atoms with Crippen LogP contribution in [0.1, 0.15) is 40.5 Å². The van der Waals surface area contributed by atoms with Gasteiger partial charge >= 0.3 is 0 Å². The Hall–Kier alpha value is -1.55. The highest BCUT2D eigenvalue weighted by Crippen LogP contribution is 2.30. The predicted molar refractivity (Wildman–Crippen MR) is 102 cm³/mol. The molecule has 0 unspecified atom stereocenters. The molecule has 1 fully saturated rings. The third-order valence-electron chi connectivity index (χ3n) is 4.23. The molecule has 1 saturated heterocycles. The van der Waals surface area contributed by atoms with Crippen molar-refractivity contribution in [1.82, 2.24) is 14.5 Å². The van der Waals surface area contributed by atoms with Crippen LogP contribution in [0.15, 0.2) is 24.3 Å². The lowest BCUT2D eigenvalue weighted by Gasteiger charge is -2.30. The van der Waals surface area contributed by atoms with Gasteiger partial charge in [0.1, 0.15) is 5.01 Å². The number of carbonyl (C=O) groups is 1. The minimum atomic E-state index is -3.22. The molecule has 0 spiro atoms. The zero-order valence-electron chi connectivity index (χ0n) is 14.2. The van der Waals surface area contributed by atoms with Gasteiger partial charge in [-0.2, -0.15) is 0 Å². The number of amides is 1. The van der Waals surface area contributed by atoms with Crippen molar-refractivity contribution in [2.75, 3.05) is 24.2 Å². The van der Waals surface area contributed by atoms with Crippen LogP contribution >= 0.6 is 22.9 Å². The van der Waals surface area contributed by atoms with Crippen LogP contribution in [0.3, 0.4) is 0 Å². The minimum absolute atomic E-state index is 0.0281. The Kier molecular flexibility index (Phi) is 5.91. The molecule has 1 atom stereocenters. The second-order valence-electron chi connectivity index (χ2n) is 6.00. The number of aromatic nitrogens is 2. The van der Waals surface area contributed by atoms with Crippen molar-refractivity contribution in [2.24, 2.45) is 0 Å². The van der Waals surface area contributed by atoms with Crippen LogP contribution in [0, 0.1) is 0 Å². The predicted octanol–water partition coefficient (Wildman–Crippen LogP) is 2.97. The fourth-order valence-corrected chi connectivity index (χ4v) is 4.96. The van der Waals surface area contributed by atoms with Crippen molar-refractivity contribution in [2.45, 2.75) is 25.7 Å². The van der Waals surface area contributed by atoms with Gasteiger partial charge < -0.3 is 5.32 Å². The SMILES string of the molecule is CCS(=O)(=O)N1CCC[C@@H](c2nnc(C(=O)Nc3ccc(Cl)cc3)s2)C1. The number of hydrogen-bond donors (Lipinski definition) is 1. The number of nitrogens with zero attached hydrogens (tertiary/aromatic N) is 3. The Labute approximate surface area is 161 Å². The molecule has 1 amide bonds. The van der Waals surface area contributed by atoms with E-state index < -0.39 is 10.0 Å². The van der Waals surface area contributed by atoms with Gasteiger partial charge in [0.15, 0.2) is 0 Å². The molecule has 7 nitrogen and oxygen atoms in total. The largest absolute Gasteiger partial charge is 0.320 e. The van der Waals surface area contributed by atoms with Gasteiger partial charge in [0.05, 0.1) is 5.75 Å². The Morgan fingerprint density at radius 3 is 2.77 bits per heavy atom. The topological polar surface area (TPSA) is 92.3 Å². The molecule has 0 saturated carbocycles. The highest BCUT2D eigenvalue weighted by molar-refractivity contribution is 7.89. The molecule has 0 radical (unpaired) electrons. The molecule has 1 aliphatic rings. The third kappa shape index (κ3) is 4.40. The molecule has 1 aliphatic heterocycles. The second kappa shape index (κ2) is 7.99. The highest BCUT2D eigenvalue weighted by Gasteiger charge is 2.30. The molecule has 2 aromatic rings. The van der Waals surface area contributed by atoms with E-state index in [4.69, 9.17) is 11.6 Å². The van der Waals surface area contributed by atoms with Crippen molar-refractivity contribution in [3.8, 4) is 0 Å². The van der Waals surface area contributed by atoms with Crippen molar-refractivity contribution < 1.29 is 13.2 Å². The Bertz CT molecular complexity index is 883. The normalized spacial score (nSPS) is 18.6. The highest BCUT2D eigenvalue weighted by atomic mass is 35.5. The first-order valence-corrected chi connectivity index (χ1v) is 11.1. The summed E-state index contributed by atoms with van der Waals surface area (Å²) in [6, 6.07) is 6.79. The molecular formula is C16H19ClN4O3S2. The van der Waals surface area contributed by atoms with Gasteiger partial charge in [-0.25, -0.2) is 12.7 Å². The number of carbonyl (C=O) groups excluding carboxylic acids is 1. The van der Waals surface area contributed by atoms with Crippen molar-refractivity contribution in [1.29, 1.82) is 0 Å². The fourth-order valence-electron chi connectivity index (χ4n) is 2.79. The number of anilines is 1. The summed E-state index contributed by atoms with van der Waals surface area (Å²) < 4.78 is 25.7. The summed E-state index contributed by atoms with van der Waals surface area (Å²) >= 11 is 7.04. The molecule has 3 rings (SSSR count). The first-order chi connectivity index (χ1) is 12.4.